The molecule has 8 heteroatoms. The zero-order valence-corrected chi connectivity index (χ0v) is 16.2. The number of rotatable bonds is 6. The summed E-state index contributed by atoms with van der Waals surface area (Å²) >= 11 is 5.88. The number of amides is 1. The molecule has 0 aromatic heterocycles. The van der Waals surface area contributed by atoms with Crippen molar-refractivity contribution in [3.05, 3.63) is 70.3 Å². The van der Waals surface area contributed by atoms with E-state index in [1.165, 1.54) is 24.1 Å². The van der Waals surface area contributed by atoms with Crippen LogP contribution in [0, 0.1) is 0 Å². The predicted octanol–water partition coefficient (Wildman–Crippen LogP) is 3.25. The summed E-state index contributed by atoms with van der Waals surface area (Å²) in [4.78, 5) is 37.6. The van der Waals surface area contributed by atoms with E-state index in [9.17, 15) is 19.5 Å². The Hall–Kier alpha value is -3.32. The van der Waals surface area contributed by atoms with Gasteiger partial charge in [0.25, 0.3) is 11.7 Å². The summed E-state index contributed by atoms with van der Waals surface area (Å²) in [5.74, 6) is -2.60. The second kappa shape index (κ2) is 8.36. The highest BCUT2D eigenvalue weighted by molar-refractivity contribution is 6.46. The standard InChI is InChI=1S/C21H18ClNO6/c1-29-15-8-4-12(5-9-15)18-17(19(26)13-2-6-14(22)7-3-13)20(27)21(28)23(18)11-10-16(24)25/h2-9,18,26H,10-11H2,1H3,(H,24,25)/b19-17+/t18-/m1/s1. The number of aliphatic carboxylic acids is 1. The van der Waals surface area contributed by atoms with E-state index in [0.717, 1.165) is 0 Å². The second-order valence-corrected chi connectivity index (χ2v) is 6.85. The molecule has 3 rings (SSSR count). The van der Waals surface area contributed by atoms with E-state index in [4.69, 9.17) is 21.4 Å². The number of aliphatic hydroxyl groups is 1. The van der Waals surface area contributed by atoms with Gasteiger partial charge in [0.2, 0.25) is 0 Å². The molecule has 1 heterocycles. The summed E-state index contributed by atoms with van der Waals surface area (Å²) < 4.78 is 5.14. The Kier molecular flexibility index (Phi) is 5.89. The highest BCUT2D eigenvalue weighted by atomic mass is 35.5. The first kappa shape index (κ1) is 20.4. The van der Waals surface area contributed by atoms with Crippen LogP contribution >= 0.6 is 11.6 Å². The minimum atomic E-state index is -1.10. The lowest BCUT2D eigenvalue weighted by Gasteiger charge is -2.25. The van der Waals surface area contributed by atoms with E-state index in [-0.39, 0.29) is 24.3 Å². The number of nitrogens with zero attached hydrogens (tertiary/aromatic N) is 1. The maximum absolute atomic E-state index is 12.7. The normalized spacial score (nSPS) is 18.1. The molecule has 2 aromatic carbocycles. The molecule has 1 saturated heterocycles. The van der Waals surface area contributed by atoms with Gasteiger partial charge in [0, 0.05) is 17.1 Å². The highest BCUT2D eigenvalue weighted by Gasteiger charge is 2.46. The predicted molar refractivity (Wildman–Crippen MR) is 106 cm³/mol. The number of carbonyl (C=O) groups excluding carboxylic acids is 2. The van der Waals surface area contributed by atoms with E-state index in [1.807, 2.05) is 0 Å². The average Bonchev–Trinajstić information content (AvgIpc) is 2.97. The van der Waals surface area contributed by atoms with Crippen LogP contribution in [0.25, 0.3) is 5.76 Å². The fraction of sp³-hybridized carbons (Fsp3) is 0.190. The molecule has 29 heavy (non-hydrogen) atoms. The molecule has 1 atom stereocenters. The van der Waals surface area contributed by atoms with Crippen molar-refractivity contribution < 1.29 is 29.3 Å². The van der Waals surface area contributed by atoms with E-state index < -0.39 is 23.7 Å². The zero-order chi connectivity index (χ0) is 21.1. The SMILES string of the molecule is COc1ccc([C@@H]2/C(=C(\O)c3ccc(Cl)cc3)C(=O)C(=O)N2CCC(=O)O)cc1. The fourth-order valence-electron chi connectivity index (χ4n) is 3.22. The maximum Gasteiger partial charge on any atom is 0.305 e. The fourth-order valence-corrected chi connectivity index (χ4v) is 3.35. The number of halogens is 1. The van der Waals surface area contributed by atoms with Crippen LogP contribution in [-0.4, -0.2) is 46.4 Å². The van der Waals surface area contributed by atoms with Crippen LogP contribution in [0.4, 0.5) is 0 Å². The molecule has 1 aliphatic rings. The lowest BCUT2D eigenvalue weighted by Crippen LogP contribution is -2.31. The first-order valence-corrected chi connectivity index (χ1v) is 9.11. The molecule has 0 spiro atoms. The third kappa shape index (κ3) is 4.09. The van der Waals surface area contributed by atoms with Crippen molar-refractivity contribution in [2.75, 3.05) is 13.7 Å². The second-order valence-electron chi connectivity index (χ2n) is 6.42. The van der Waals surface area contributed by atoms with Gasteiger partial charge in [-0.2, -0.15) is 0 Å². The topological polar surface area (TPSA) is 104 Å². The van der Waals surface area contributed by atoms with Crippen molar-refractivity contribution in [3.63, 3.8) is 0 Å². The summed E-state index contributed by atoms with van der Waals surface area (Å²) in [6.07, 6.45) is -0.333. The van der Waals surface area contributed by atoms with Gasteiger partial charge in [0.1, 0.15) is 11.5 Å². The molecule has 7 nitrogen and oxygen atoms in total. The van der Waals surface area contributed by atoms with Crippen molar-refractivity contribution in [2.24, 2.45) is 0 Å². The lowest BCUT2D eigenvalue weighted by molar-refractivity contribution is -0.142. The number of likely N-dealkylation sites (tertiary alicyclic amines) is 1. The molecule has 0 bridgehead atoms. The van der Waals surface area contributed by atoms with Gasteiger partial charge in [-0.15, -0.1) is 0 Å². The quantitative estimate of drug-likeness (QED) is 0.426. The number of Topliss-reactive ketones (excluding diaryl/α,β-unsaturated/α-hetero) is 1. The van der Waals surface area contributed by atoms with Crippen LogP contribution < -0.4 is 4.74 Å². The Labute approximate surface area is 171 Å². The van der Waals surface area contributed by atoms with Crippen LogP contribution in [0.3, 0.4) is 0 Å². The molecular weight excluding hydrogens is 398 g/mol. The van der Waals surface area contributed by atoms with Crippen LogP contribution in [0.5, 0.6) is 5.75 Å². The third-order valence-electron chi connectivity index (χ3n) is 4.66. The van der Waals surface area contributed by atoms with Gasteiger partial charge in [-0.25, -0.2) is 0 Å². The third-order valence-corrected chi connectivity index (χ3v) is 4.91. The number of hydrogen-bond donors (Lipinski definition) is 2. The minimum absolute atomic E-state index is 0.104. The highest BCUT2D eigenvalue weighted by Crippen LogP contribution is 2.39. The van der Waals surface area contributed by atoms with Gasteiger partial charge in [0.05, 0.1) is 25.1 Å². The Morgan fingerprint density at radius 2 is 1.69 bits per heavy atom. The Morgan fingerprint density at radius 3 is 2.24 bits per heavy atom. The average molecular weight is 416 g/mol. The first-order valence-electron chi connectivity index (χ1n) is 8.73. The van der Waals surface area contributed by atoms with Crippen LogP contribution in [-0.2, 0) is 14.4 Å². The van der Waals surface area contributed by atoms with Gasteiger partial charge < -0.3 is 19.8 Å². The van der Waals surface area contributed by atoms with Gasteiger partial charge in [-0.05, 0) is 42.0 Å². The molecule has 2 aromatic rings. The van der Waals surface area contributed by atoms with Gasteiger partial charge >= 0.3 is 5.97 Å². The maximum atomic E-state index is 12.7. The van der Waals surface area contributed by atoms with Crippen molar-refractivity contribution >= 4 is 35.0 Å². The molecule has 2 N–H and O–H groups in total. The number of carboxylic acid groups (broad SMARTS) is 1. The number of aliphatic hydroxyl groups excluding tert-OH is 1. The number of ether oxygens (including phenoxy) is 1. The lowest BCUT2D eigenvalue weighted by atomic mass is 9.95. The van der Waals surface area contributed by atoms with Crippen molar-refractivity contribution in [2.45, 2.75) is 12.5 Å². The number of hydrogen-bond acceptors (Lipinski definition) is 5. The zero-order valence-electron chi connectivity index (χ0n) is 15.5. The molecule has 150 valence electrons. The van der Waals surface area contributed by atoms with E-state index in [0.29, 0.717) is 21.9 Å². The molecule has 1 amide bonds. The number of carbonyl (C=O) groups is 3. The van der Waals surface area contributed by atoms with Crippen LogP contribution in [0.2, 0.25) is 5.02 Å². The van der Waals surface area contributed by atoms with Gasteiger partial charge in [-0.3, -0.25) is 14.4 Å². The summed E-state index contributed by atoms with van der Waals surface area (Å²) in [6.45, 7) is -0.173. The molecule has 1 aliphatic heterocycles. The number of carboxylic acids is 1. The smallest absolute Gasteiger partial charge is 0.305 e. The summed E-state index contributed by atoms with van der Waals surface area (Å²) in [7, 11) is 1.51. The van der Waals surface area contributed by atoms with Crippen molar-refractivity contribution in [1.29, 1.82) is 0 Å². The van der Waals surface area contributed by atoms with Crippen molar-refractivity contribution in [1.82, 2.24) is 4.90 Å². The molecular formula is C21H18ClNO6. The number of ketones is 1. The van der Waals surface area contributed by atoms with Crippen molar-refractivity contribution in [3.8, 4) is 5.75 Å². The molecule has 1 fully saturated rings. The van der Waals surface area contributed by atoms with Gasteiger partial charge in [0.15, 0.2) is 0 Å². The number of methoxy groups -OCH3 is 1. The number of benzene rings is 2. The monoisotopic (exact) mass is 415 g/mol. The summed E-state index contributed by atoms with van der Waals surface area (Å²) in [5.41, 5.74) is 0.767. The Bertz CT molecular complexity index is 981. The van der Waals surface area contributed by atoms with E-state index in [2.05, 4.69) is 0 Å². The molecule has 0 unspecified atom stereocenters. The minimum Gasteiger partial charge on any atom is -0.507 e. The van der Waals surface area contributed by atoms with Gasteiger partial charge in [-0.1, -0.05) is 23.7 Å². The van der Waals surface area contributed by atoms with Crippen LogP contribution in [0.1, 0.15) is 23.6 Å². The first-order chi connectivity index (χ1) is 13.8. The molecule has 0 saturated carbocycles. The Morgan fingerprint density at radius 1 is 1.07 bits per heavy atom. The summed E-state index contributed by atoms with van der Waals surface area (Å²) in [6, 6.07) is 11.9. The van der Waals surface area contributed by atoms with E-state index >= 15 is 0 Å². The van der Waals surface area contributed by atoms with Crippen LogP contribution in [0.15, 0.2) is 54.1 Å². The molecule has 0 radical (unpaired) electrons. The van der Waals surface area contributed by atoms with E-state index in [1.54, 1.807) is 36.4 Å². The molecule has 0 aliphatic carbocycles. The largest absolute Gasteiger partial charge is 0.507 e. The Balaban J connectivity index is 2.13. The summed E-state index contributed by atoms with van der Waals surface area (Å²) in [5, 5.41) is 20.3.